The Morgan fingerprint density at radius 2 is 1.89 bits per heavy atom. The van der Waals surface area contributed by atoms with Gasteiger partial charge in [-0.3, -0.25) is 0 Å². The third kappa shape index (κ3) is 3.24. The summed E-state index contributed by atoms with van der Waals surface area (Å²) in [5.74, 6) is 0.553. The molecule has 100 valence electrons. The van der Waals surface area contributed by atoms with Gasteiger partial charge in [0, 0.05) is 11.2 Å². The summed E-state index contributed by atoms with van der Waals surface area (Å²) in [6.45, 7) is 1.58. The first-order valence-corrected chi connectivity index (χ1v) is 7.67. The molecule has 0 fully saturated rings. The molecule has 2 aromatic rings. The largest absolute Gasteiger partial charge is 0.438 e. The molecule has 19 heavy (non-hydrogen) atoms. The lowest BCUT2D eigenvalue weighted by molar-refractivity contribution is 0.447. The molecule has 1 heterocycles. The molecular weight excluding hydrogens is 286 g/mol. The summed E-state index contributed by atoms with van der Waals surface area (Å²) in [6, 6.07) is 9.68. The number of benzene rings is 1. The smallest absolute Gasteiger partial charge is 0.238 e. The molecule has 0 amide bonds. The summed E-state index contributed by atoms with van der Waals surface area (Å²) in [5, 5.41) is 0.578. The number of aromatic nitrogens is 1. The van der Waals surface area contributed by atoms with Crippen molar-refractivity contribution >= 4 is 21.4 Å². The number of nitrogens with zero attached hydrogens (tertiary/aromatic N) is 1. The Morgan fingerprint density at radius 1 is 1.21 bits per heavy atom. The minimum absolute atomic E-state index is 0.00429. The normalized spacial score (nSPS) is 11.3. The highest BCUT2D eigenvalue weighted by molar-refractivity contribution is 7.91. The van der Waals surface area contributed by atoms with Gasteiger partial charge in [0.2, 0.25) is 5.88 Å². The molecule has 1 aromatic carbocycles. The van der Waals surface area contributed by atoms with Gasteiger partial charge in [0.05, 0.1) is 5.75 Å². The molecule has 0 radical (unpaired) electrons. The van der Waals surface area contributed by atoms with Gasteiger partial charge in [-0.15, -0.1) is 0 Å². The number of halogens is 1. The fourth-order valence-corrected chi connectivity index (χ4v) is 2.54. The van der Waals surface area contributed by atoms with Gasteiger partial charge in [-0.1, -0.05) is 18.5 Å². The lowest BCUT2D eigenvalue weighted by Crippen LogP contribution is -2.06. The van der Waals surface area contributed by atoms with Crippen molar-refractivity contribution in [2.24, 2.45) is 0 Å². The number of hydrogen-bond donors (Lipinski definition) is 0. The van der Waals surface area contributed by atoms with E-state index in [1.807, 2.05) is 0 Å². The molecule has 4 nitrogen and oxygen atoms in total. The molecule has 0 aliphatic carbocycles. The van der Waals surface area contributed by atoms with Gasteiger partial charge < -0.3 is 4.74 Å². The fourth-order valence-electron chi connectivity index (χ4n) is 1.46. The van der Waals surface area contributed by atoms with Crippen LogP contribution in [0, 0.1) is 0 Å². The lowest BCUT2D eigenvalue weighted by atomic mass is 10.3. The third-order valence-corrected chi connectivity index (χ3v) is 4.47. The Kier molecular flexibility index (Phi) is 4.07. The molecule has 1 aromatic heterocycles. The molecule has 0 atom stereocenters. The van der Waals surface area contributed by atoms with Crippen LogP contribution in [0.15, 0.2) is 47.5 Å². The Balaban J connectivity index is 2.38. The van der Waals surface area contributed by atoms with E-state index in [1.54, 1.807) is 37.3 Å². The van der Waals surface area contributed by atoms with Crippen molar-refractivity contribution in [3.63, 3.8) is 0 Å². The second-order valence-electron chi connectivity index (χ2n) is 3.77. The molecule has 0 N–H and O–H groups in total. The SMILES string of the molecule is CCS(=O)(=O)c1cccnc1Oc1ccc(Cl)cc1. The van der Waals surface area contributed by atoms with Crippen LogP contribution in [0.5, 0.6) is 11.6 Å². The van der Waals surface area contributed by atoms with E-state index in [2.05, 4.69) is 4.98 Å². The average Bonchev–Trinajstić information content (AvgIpc) is 2.42. The Labute approximate surface area is 116 Å². The molecule has 0 bridgehead atoms. The van der Waals surface area contributed by atoms with Crippen molar-refractivity contribution in [1.29, 1.82) is 0 Å². The Bertz CT molecular complexity index is 669. The van der Waals surface area contributed by atoms with Gasteiger partial charge in [-0.25, -0.2) is 13.4 Å². The van der Waals surface area contributed by atoms with E-state index in [1.165, 1.54) is 12.3 Å². The van der Waals surface area contributed by atoms with Gasteiger partial charge in [0.15, 0.2) is 9.84 Å². The van der Waals surface area contributed by atoms with Crippen molar-refractivity contribution in [3.05, 3.63) is 47.6 Å². The molecule has 0 spiro atoms. The maximum absolute atomic E-state index is 11.9. The first kappa shape index (κ1) is 13.8. The van der Waals surface area contributed by atoms with Crippen LogP contribution in [-0.4, -0.2) is 19.2 Å². The minimum atomic E-state index is -3.37. The van der Waals surface area contributed by atoms with E-state index in [4.69, 9.17) is 16.3 Å². The van der Waals surface area contributed by atoms with E-state index in [-0.39, 0.29) is 16.5 Å². The summed E-state index contributed by atoms with van der Waals surface area (Å²) >= 11 is 5.77. The predicted molar refractivity (Wildman–Crippen MR) is 73.5 cm³/mol. The van der Waals surface area contributed by atoms with Crippen molar-refractivity contribution in [2.45, 2.75) is 11.8 Å². The Morgan fingerprint density at radius 3 is 2.53 bits per heavy atom. The number of pyridine rings is 1. The summed E-state index contributed by atoms with van der Waals surface area (Å²) in [7, 11) is -3.37. The second-order valence-corrected chi connectivity index (χ2v) is 6.45. The molecule has 0 saturated heterocycles. The van der Waals surface area contributed by atoms with E-state index in [0.29, 0.717) is 10.8 Å². The maximum Gasteiger partial charge on any atom is 0.238 e. The average molecular weight is 298 g/mol. The van der Waals surface area contributed by atoms with Gasteiger partial charge in [-0.05, 0) is 36.4 Å². The number of hydrogen-bond acceptors (Lipinski definition) is 4. The number of sulfone groups is 1. The molecule has 0 aliphatic rings. The maximum atomic E-state index is 11.9. The van der Waals surface area contributed by atoms with E-state index in [0.717, 1.165) is 0 Å². The quantitative estimate of drug-likeness (QED) is 0.868. The zero-order valence-electron chi connectivity index (χ0n) is 10.2. The number of rotatable bonds is 4. The van der Waals surface area contributed by atoms with Crippen LogP contribution in [0.4, 0.5) is 0 Å². The zero-order chi connectivity index (χ0) is 13.9. The van der Waals surface area contributed by atoms with Crippen LogP contribution in [-0.2, 0) is 9.84 Å². The van der Waals surface area contributed by atoms with E-state index < -0.39 is 9.84 Å². The topological polar surface area (TPSA) is 56.3 Å². The van der Waals surface area contributed by atoms with Crippen LogP contribution in [0.2, 0.25) is 5.02 Å². The summed E-state index contributed by atoms with van der Waals surface area (Å²) in [4.78, 5) is 4.07. The first-order valence-electron chi connectivity index (χ1n) is 5.64. The van der Waals surface area contributed by atoms with Crippen LogP contribution in [0.3, 0.4) is 0 Å². The second kappa shape index (κ2) is 5.59. The van der Waals surface area contributed by atoms with Crippen LogP contribution < -0.4 is 4.74 Å². The zero-order valence-corrected chi connectivity index (χ0v) is 11.8. The predicted octanol–water partition coefficient (Wildman–Crippen LogP) is 3.32. The summed E-state index contributed by atoms with van der Waals surface area (Å²) < 4.78 is 29.4. The lowest BCUT2D eigenvalue weighted by Gasteiger charge is -2.09. The van der Waals surface area contributed by atoms with E-state index >= 15 is 0 Å². The molecule has 0 saturated carbocycles. The standard InChI is InChI=1S/C13H12ClNO3S/c1-2-19(16,17)12-4-3-9-15-13(12)18-11-7-5-10(14)6-8-11/h3-9H,2H2,1H3. The van der Waals surface area contributed by atoms with Crippen LogP contribution in [0.25, 0.3) is 0 Å². The highest BCUT2D eigenvalue weighted by atomic mass is 35.5. The Hall–Kier alpha value is -1.59. The molecular formula is C13H12ClNO3S. The summed E-state index contributed by atoms with van der Waals surface area (Å²) in [5.41, 5.74) is 0. The van der Waals surface area contributed by atoms with Gasteiger partial charge in [0.1, 0.15) is 10.6 Å². The molecule has 2 rings (SSSR count). The number of ether oxygens (including phenoxy) is 1. The molecule has 6 heteroatoms. The third-order valence-electron chi connectivity index (χ3n) is 2.48. The highest BCUT2D eigenvalue weighted by Crippen LogP contribution is 2.27. The van der Waals surface area contributed by atoms with Gasteiger partial charge >= 0.3 is 0 Å². The van der Waals surface area contributed by atoms with Gasteiger partial charge in [-0.2, -0.15) is 0 Å². The van der Waals surface area contributed by atoms with Crippen molar-refractivity contribution in [1.82, 2.24) is 4.98 Å². The van der Waals surface area contributed by atoms with Crippen LogP contribution >= 0.6 is 11.6 Å². The fraction of sp³-hybridized carbons (Fsp3) is 0.154. The highest BCUT2D eigenvalue weighted by Gasteiger charge is 2.18. The molecule has 0 unspecified atom stereocenters. The van der Waals surface area contributed by atoms with Crippen molar-refractivity contribution < 1.29 is 13.2 Å². The van der Waals surface area contributed by atoms with E-state index in [9.17, 15) is 8.42 Å². The monoisotopic (exact) mass is 297 g/mol. The van der Waals surface area contributed by atoms with Crippen molar-refractivity contribution in [2.75, 3.05) is 5.75 Å². The van der Waals surface area contributed by atoms with Gasteiger partial charge in [0.25, 0.3) is 0 Å². The van der Waals surface area contributed by atoms with Crippen LogP contribution in [0.1, 0.15) is 6.92 Å². The first-order chi connectivity index (χ1) is 9.03. The minimum Gasteiger partial charge on any atom is -0.438 e. The molecule has 0 aliphatic heterocycles. The summed E-state index contributed by atoms with van der Waals surface area (Å²) in [6.07, 6.45) is 1.49. The van der Waals surface area contributed by atoms with Crippen molar-refractivity contribution in [3.8, 4) is 11.6 Å².